The maximum absolute atomic E-state index is 9.21. The molecule has 2 rings (SSSR count). The third kappa shape index (κ3) is 2.97. The average Bonchev–Trinajstić information content (AvgIpc) is 2.78. The third-order valence-corrected chi connectivity index (χ3v) is 2.95. The summed E-state index contributed by atoms with van der Waals surface area (Å²) in [5.41, 5.74) is 1.85. The minimum atomic E-state index is 0.259. The highest BCUT2D eigenvalue weighted by molar-refractivity contribution is 14.1. The lowest BCUT2D eigenvalue weighted by molar-refractivity contribution is 0.475. The lowest BCUT2D eigenvalue weighted by atomic mass is 10.2. The number of aromatic hydroxyl groups is 1. The first-order chi connectivity index (χ1) is 8.19. The van der Waals surface area contributed by atoms with Gasteiger partial charge >= 0.3 is 0 Å². The van der Waals surface area contributed by atoms with Crippen LogP contribution in [-0.4, -0.2) is 14.7 Å². The summed E-state index contributed by atoms with van der Waals surface area (Å²) in [5, 5.41) is 9.21. The van der Waals surface area contributed by atoms with Crippen molar-refractivity contribution in [2.75, 3.05) is 0 Å². The Kier molecular flexibility index (Phi) is 3.63. The number of benzene rings is 1. The number of phenolic OH excluding ortho intramolecular Hbond substituents is 1. The van der Waals surface area contributed by atoms with Gasteiger partial charge in [-0.3, -0.25) is 0 Å². The van der Waals surface area contributed by atoms with Gasteiger partial charge in [-0.25, -0.2) is 4.98 Å². The Morgan fingerprint density at radius 1 is 1.35 bits per heavy atom. The molecule has 3 nitrogen and oxygen atoms in total. The van der Waals surface area contributed by atoms with E-state index in [0.717, 1.165) is 14.8 Å². The van der Waals surface area contributed by atoms with Gasteiger partial charge in [0.15, 0.2) is 0 Å². The van der Waals surface area contributed by atoms with Crippen molar-refractivity contribution in [1.82, 2.24) is 9.55 Å². The molecule has 0 unspecified atom stereocenters. The summed E-state index contributed by atoms with van der Waals surface area (Å²) in [6.07, 6.45) is 7.38. The predicted molar refractivity (Wildman–Crippen MR) is 77.8 cm³/mol. The molecule has 1 heterocycles. The SMILES string of the molecule is C=C/C(I)=C\n1cnc(-c2ccc(O)cc2)c1. The molecule has 17 heavy (non-hydrogen) atoms. The van der Waals surface area contributed by atoms with E-state index in [9.17, 15) is 5.11 Å². The summed E-state index contributed by atoms with van der Waals surface area (Å²) < 4.78 is 2.92. The highest BCUT2D eigenvalue weighted by Gasteiger charge is 2.01. The molecule has 0 atom stereocenters. The number of imidazole rings is 1. The van der Waals surface area contributed by atoms with E-state index in [1.54, 1.807) is 24.5 Å². The molecule has 0 amide bonds. The Morgan fingerprint density at radius 2 is 2.06 bits per heavy atom. The van der Waals surface area contributed by atoms with Crippen molar-refractivity contribution in [2.24, 2.45) is 0 Å². The van der Waals surface area contributed by atoms with Crippen LogP contribution in [0.2, 0.25) is 0 Å². The van der Waals surface area contributed by atoms with Crippen LogP contribution in [0.1, 0.15) is 0 Å². The minimum Gasteiger partial charge on any atom is -0.508 e. The molecule has 0 aliphatic heterocycles. The van der Waals surface area contributed by atoms with Crippen molar-refractivity contribution in [3.05, 3.63) is 53.0 Å². The fourth-order valence-corrected chi connectivity index (χ4v) is 1.71. The Hall–Kier alpha value is -1.56. The summed E-state index contributed by atoms with van der Waals surface area (Å²) in [4.78, 5) is 4.30. The standard InChI is InChI=1S/C13H11IN2O/c1-2-11(14)7-16-8-13(15-9-16)10-3-5-12(17)6-4-10/h2-9,17H,1H2/b11-7+. The first-order valence-electron chi connectivity index (χ1n) is 5.01. The lowest BCUT2D eigenvalue weighted by Gasteiger charge is -1.96. The molecular weight excluding hydrogens is 327 g/mol. The summed E-state index contributed by atoms with van der Waals surface area (Å²) in [6, 6.07) is 6.98. The zero-order chi connectivity index (χ0) is 12.3. The molecule has 0 saturated carbocycles. The van der Waals surface area contributed by atoms with Gasteiger partial charge in [-0.05, 0) is 46.9 Å². The highest BCUT2D eigenvalue weighted by atomic mass is 127. The molecule has 0 aliphatic carbocycles. The van der Waals surface area contributed by atoms with Crippen LogP contribution < -0.4 is 0 Å². The smallest absolute Gasteiger partial charge is 0.115 e. The molecule has 0 saturated heterocycles. The molecule has 0 aliphatic rings. The lowest BCUT2D eigenvalue weighted by Crippen LogP contribution is -1.79. The van der Waals surface area contributed by atoms with Crippen molar-refractivity contribution in [3.63, 3.8) is 0 Å². The molecule has 0 radical (unpaired) electrons. The molecule has 0 spiro atoms. The molecular formula is C13H11IN2O. The first-order valence-corrected chi connectivity index (χ1v) is 6.09. The van der Waals surface area contributed by atoms with E-state index in [-0.39, 0.29) is 5.75 Å². The van der Waals surface area contributed by atoms with E-state index in [1.807, 2.05) is 29.1 Å². The average molecular weight is 338 g/mol. The van der Waals surface area contributed by atoms with E-state index in [1.165, 1.54) is 0 Å². The van der Waals surface area contributed by atoms with Crippen LogP contribution in [0.4, 0.5) is 0 Å². The Labute approximate surface area is 113 Å². The van der Waals surface area contributed by atoms with Crippen LogP contribution >= 0.6 is 22.6 Å². The van der Waals surface area contributed by atoms with Gasteiger partial charge in [0.2, 0.25) is 0 Å². The van der Waals surface area contributed by atoms with E-state index < -0.39 is 0 Å². The number of halogens is 1. The molecule has 2 aromatic rings. The van der Waals surface area contributed by atoms with Gasteiger partial charge in [-0.15, -0.1) is 0 Å². The van der Waals surface area contributed by atoms with Gasteiger partial charge in [0, 0.05) is 21.5 Å². The van der Waals surface area contributed by atoms with Crippen molar-refractivity contribution >= 4 is 28.8 Å². The molecule has 4 heteroatoms. The Balaban J connectivity index is 2.29. The summed E-state index contributed by atoms with van der Waals surface area (Å²) in [7, 11) is 0. The Morgan fingerprint density at radius 3 is 2.71 bits per heavy atom. The number of hydrogen-bond acceptors (Lipinski definition) is 2. The number of hydrogen-bond donors (Lipinski definition) is 1. The van der Waals surface area contributed by atoms with Crippen molar-refractivity contribution < 1.29 is 5.11 Å². The van der Waals surface area contributed by atoms with Crippen LogP contribution in [0.25, 0.3) is 17.5 Å². The van der Waals surface area contributed by atoms with Crippen molar-refractivity contribution in [1.29, 1.82) is 0 Å². The number of rotatable bonds is 3. The van der Waals surface area contributed by atoms with Gasteiger partial charge in [-0.2, -0.15) is 0 Å². The summed E-state index contributed by atoms with van der Waals surface area (Å²) >= 11 is 2.20. The zero-order valence-electron chi connectivity index (χ0n) is 9.05. The van der Waals surface area contributed by atoms with Gasteiger partial charge in [0.1, 0.15) is 5.75 Å². The fraction of sp³-hybridized carbons (Fsp3) is 0. The van der Waals surface area contributed by atoms with E-state index >= 15 is 0 Å². The normalized spacial score (nSPS) is 11.5. The van der Waals surface area contributed by atoms with Crippen molar-refractivity contribution in [3.8, 4) is 17.0 Å². The quantitative estimate of drug-likeness (QED) is 0.685. The summed E-state index contributed by atoms with van der Waals surface area (Å²) in [5.74, 6) is 0.259. The zero-order valence-corrected chi connectivity index (χ0v) is 11.2. The van der Waals surface area contributed by atoms with Gasteiger partial charge in [0.25, 0.3) is 0 Å². The molecule has 1 N–H and O–H groups in total. The topological polar surface area (TPSA) is 38.0 Å². The molecule has 0 bridgehead atoms. The van der Waals surface area contributed by atoms with Crippen LogP contribution in [-0.2, 0) is 0 Å². The summed E-state index contributed by atoms with van der Waals surface area (Å²) in [6.45, 7) is 3.69. The monoisotopic (exact) mass is 338 g/mol. The Bertz CT molecular complexity index is 555. The second-order valence-electron chi connectivity index (χ2n) is 3.47. The largest absolute Gasteiger partial charge is 0.508 e. The number of phenols is 1. The first kappa shape index (κ1) is 11.9. The minimum absolute atomic E-state index is 0.259. The van der Waals surface area contributed by atoms with Crippen molar-refractivity contribution in [2.45, 2.75) is 0 Å². The van der Waals surface area contributed by atoms with Crippen LogP contribution in [0.15, 0.2) is 53.0 Å². The third-order valence-electron chi connectivity index (χ3n) is 2.23. The maximum Gasteiger partial charge on any atom is 0.115 e. The van der Waals surface area contributed by atoms with Gasteiger partial charge < -0.3 is 9.67 Å². The predicted octanol–water partition coefficient (Wildman–Crippen LogP) is 3.68. The highest BCUT2D eigenvalue weighted by Crippen LogP contribution is 2.20. The van der Waals surface area contributed by atoms with Crippen LogP contribution in [0.3, 0.4) is 0 Å². The van der Waals surface area contributed by atoms with E-state index in [4.69, 9.17) is 0 Å². The number of allylic oxidation sites excluding steroid dienone is 2. The second-order valence-corrected chi connectivity index (χ2v) is 4.72. The number of nitrogens with zero attached hydrogens (tertiary/aromatic N) is 2. The second kappa shape index (κ2) is 5.18. The molecule has 86 valence electrons. The van der Waals surface area contributed by atoms with Crippen LogP contribution in [0, 0.1) is 0 Å². The van der Waals surface area contributed by atoms with E-state index in [0.29, 0.717) is 0 Å². The number of aromatic nitrogens is 2. The van der Waals surface area contributed by atoms with Gasteiger partial charge in [-0.1, -0.05) is 12.7 Å². The molecule has 1 aromatic carbocycles. The van der Waals surface area contributed by atoms with E-state index in [2.05, 4.69) is 34.2 Å². The van der Waals surface area contributed by atoms with Gasteiger partial charge in [0.05, 0.1) is 12.0 Å². The van der Waals surface area contributed by atoms with Crippen LogP contribution in [0.5, 0.6) is 5.75 Å². The fourth-order valence-electron chi connectivity index (χ4n) is 1.38. The molecule has 1 aromatic heterocycles. The molecule has 0 fully saturated rings. The maximum atomic E-state index is 9.21.